The van der Waals surface area contributed by atoms with E-state index in [9.17, 15) is 0 Å². The smallest absolute Gasteiger partial charge is 0.187 e. The van der Waals surface area contributed by atoms with Gasteiger partial charge in [0.15, 0.2) is 5.16 Å². The highest BCUT2D eigenvalue weighted by Gasteiger charge is 2.12. The number of aryl methyl sites for hydroxylation is 1. The Morgan fingerprint density at radius 1 is 1.30 bits per heavy atom. The van der Waals surface area contributed by atoms with Crippen LogP contribution in [0.5, 0.6) is 5.75 Å². The third kappa shape index (κ3) is 3.95. The van der Waals surface area contributed by atoms with Crippen LogP contribution >= 0.6 is 11.8 Å². The first-order chi connectivity index (χ1) is 9.70. The fourth-order valence-electron chi connectivity index (χ4n) is 1.82. The van der Waals surface area contributed by atoms with Gasteiger partial charge in [-0.3, -0.25) is 0 Å². The molecule has 0 aliphatic heterocycles. The van der Waals surface area contributed by atoms with Crippen LogP contribution in [0.25, 0.3) is 0 Å². The van der Waals surface area contributed by atoms with Gasteiger partial charge in [0.1, 0.15) is 5.75 Å². The summed E-state index contributed by atoms with van der Waals surface area (Å²) in [6, 6.07) is 9.67. The second kappa shape index (κ2) is 7.26. The Hall–Kier alpha value is -1.59. The lowest BCUT2D eigenvalue weighted by Gasteiger charge is -2.15. The van der Waals surface area contributed by atoms with Gasteiger partial charge in [-0.05, 0) is 26.0 Å². The van der Waals surface area contributed by atoms with Crippen molar-refractivity contribution in [2.45, 2.75) is 25.0 Å². The number of aromatic nitrogens is 2. The third-order valence-electron chi connectivity index (χ3n) is 2.78. The van der Waals surface area contributed by atoms with E-state index in [1.54, 1.807) is 18.0 Å². The van der Waals surface area contributed by atoms with Gasteiger partial charge in [-0.25, -0.2) is 9.97 Å². The molecule has 1 atom stereocenters. The fourth-order valence-corrected chi connectivity index (χ4v) is 2.68. The lowest BCUT2D eigenvalue weighted by atomic mass is 10.1. The van der Waals surface area contributed by atoms with Crippen molar-refractivity contribution in [3.8, 4) is 5.75 Å². The molecule has 1 aromatic carbocycles. The molecule has 2 rings (SSSR count). The predicted molar refractivity (Wildman–Crippen MR) is 82.0 cm³/mol. The normalized spacial score (nSPS) is 12.2. The minimum absolute atomic E-state index is 0.105. The van der Waals surface area contributed by atoms with Gasteiger partial charge in [-0.15, -0.1) is 0 Å². The summed E-state index contributed by atoms with van der Waals surface area (Å²) < 4.78 is 5.61. The summed E-state index contributed by atoms with van der Waals surface area (Å²) in [5.41, 5.74) is 8.24. The molecule has 2 N–H and O–H groups in total. The van der Waals surface area contributed by atoms with Crippen molar-refractivity contribution < 1.29 is 4.74 Å². The summed E-state index contributed by atoms with van der Waals surface area (Å²) in [5, 5.41) is 0.759. The first-order valence-corrected chi connectivity index (χ1v) is 7.59. The molecule has 1 unspecified atom stereocenters. The Balaban J connectivity index is 2.03. The minimum Gasteiger partial charge on any atom is -0.494 e. The number of rotatable bonds is 6. The molecule has 0 bridgehead atoms. The van der Waals surface area contributed by atoms with E-state index in [1.807, 2.05) is 44.2 Å². The molecule has 0 radical (unpaired) electrons. The second-order valence-electron chi connectivity index (χ2n) is 4.37. The van der Waals surface area contributed by atoms with Crippen molar-refractivity contribution in [2.24, 2.45) is 5.73 Å². The summed E-state index contributed by atoms with van der Waals surface area (Å²) >= 11 is 1.56. The Morgan fingerprint density at radius 2 is 2.10 bits per heavy atom. The van der Waals surface area contributed by atoms with Crippen LogP contribution in [0.4, 0.5) is 0 Å². The van der Waals surface area contributed by atoms with Gasteiger partial charge in [0.05, 0.1) is 6.61 Å². The van der Waals surface area contributed by atoms with Crippen molar-refractivity contribution >= 4 is 11.8 Å². The Morgan fingerprint density at radius 3 is 2.85 bits per heavy atom. The lowest BCUT2D eigenvalue weighted by Crippen LogP contribution is -2.14. The molecule has 0 spiro atoms. The zero-order chi connectivity index (χ0) is 14.4. The van der Waals surface area contributed by atoms with Crippen molar-refractivity contribution in [3.05, 3.63) is 47.8 Å². The number of nitrogens with zero attached hydrogens (tertiary/aromatic N) is 2. The number of hydrogen-bond acceptors (Lipinski definition) is 5. The number of ether oxygens (including phenoxy) is 1. The second-order valence-corrected chi connectivity index (χ2v) is 5.36. The number of para-hydroxylation sites is 1. The predicted octanol–water partition coefficient (Wildman–Crippen LogP) is 2.98. The maximum atomic E-state index is 6.26. The Kier molecular flexibility index (Phi) is 5.38. The van der Waals surface area contributed by atoms with E-state index in [4.69, 9.17) is 10.5 Å². The molecular weight excluding hydrogens is 270 g/mol. The molecule has 0 saturated heterocycles. The molecular formula is C15H19N3OS. The molecule has 0 fully saturated rings. The fraction of sp³-hybridized carbons (Fsp3) is 0.333. The van der Waals surface area contributed by atoms with Crippen molar-refractivity contribution in [1.82, 2.24) is 9.97 Å². The van der Waals surface area contributed by atoms with E-state index >= 15 is 0 Å². The van der Waals surface area contributed by atoms with Crippen LogP contribution in [0.3, 0.4) is 0 Å². The molecule has 20 heavy (non-hydrogen) atoms. The van der Waals surface area contributed by atoms with Gasteiger partial charge in [0.2, 0.25) is 0 Å². The highest BCUT2D eigenvalue weighted by Crippen LogP contribution is 2.27. The van der Waals surface area contributed by atoms with Crippen LogP contribution < -0.4 is 10.5 Å². The van der Waals surface area contributed by atoms with Gasteiger partial charge in [-0.2, -0.15) is 0 Å². The molecule has 1 heterocycles. The van der Waals surface area contributed by atoms with Crippen molar-refractivity contribution in [2.75, 3.05) is 12.4 Å². The Labute approximate surface area is 123 Å². The van der Waals surface area contributed by atoms with E-state index in [0.717, 1.165) is 22.2 Å². The topological polar surface area (TPSA) is 61.0 Å². The maximum Gasteiger partial charge on any atom is 0.187 e. The van der Waals surface area contributed by atoms with E-state index in [-0.39, 0.29) is 6.04 Å². The molecule has 0 aliphatic rings. The molecule has 5 heteroatoms. The first-order valence-electron chi connectivity index (χ1n) is 6.60. The molecule has 4 nitrogen and oxygen atoms in total. The highest BCUT2D eigenvalue weighted by molar-refractivity contribution is 7.99. The number of hydrogen-bond donors (Lipinski definition) is 1. The number of nitrogens with two attached hydrogens (primary N) is 1. The number of benzene rings is 1. The quantitative estimate of drug-likeness (QED) is 0.654. The molecule has 106 valence electrons. The van der Waals surface area contributed by atoms with E-state index in [2.05, 4.69) is 9.97 Å². The van der Waals surface area contributed by atoms with Crippen LogP contribution in [0.2, 0.25) is 0 Å². The van der Waals surface area contributed by atoms with Gasteiger partial charge >= 0.3 is 0 Å². The summed E-state index contributed by atoms with van der Waals surface area (Å²) in [4.78, 5) is 8.59. The maximum absolute atomic E-state index is 6.26. The molecule has 0 saturated carbocycles. The van der Waals surface area contributed by atoms with Gasteiger partial charge in [0, 0.05) is 29.2 Å². The highest BCUT2D eigenvalue weighted by atomic mass is 32.2. The zero-order valence-corrected chi connectivity index (χ0v) is 12.6. The third-order valence-corrected chi connectivity index (χ3v) is 3.76. The monoisotopic (exact) mass is 289 g/mol. The standard InChI is InChI=1S/C15H19N3OS/c1-3-19-14-7-5-4-6-12(14)13(16)10-20-15-17-9-8-11(2)18-15/h4-9,13H,3,10,16H2,1-2H3. The van der Waals surface area contributed by atoms with E-state index in [1.165, 1.54) is 0 Å². The van der Waals surface area contributed by atoms with Crippen LogP contribution in [0, 0.1) is 6.92 Å². The first kappa shape index (κ1) is 14.8. The average Bonchev–Trinajstić information content (AvgIpc) is 2.46. The molecule has 1 aromatic heterocycles. The SMILES string of the molecule is CCOc1ccccc1C(N)CSc1nccc(C)n1. The lowest BCUT2D eigenvalue weighted by molar-refractivity contribution is 0.335. The summed E-state index contributed by atoms with van der Waals surface area (Å²) in [5.74, 6) is 1.57. The van der Waals surface area contributed by atoms with Crippen LogP contribution in [0.15, 0.2) is 41.7 Å². The Bertz CT molecular complexity index is 562. The number of thioether (sulfide) groups is 1. The van der Waals surface area contributed by atoms with Crippen LogP contribution in [-0.4, -0.2) is 22.3 Å². The van der Waals surface area contributed by atoms with Gasteiger partial charge < -0.3 is 10.5 Å². The van der Waals surface area contributed by atoms with Crippen molar-refractivity contribution in [3.63, 3.8) is 0 Å². The summed E-state index contributed by atoms with van der Waals surface area (Å²) in [6.07, 6.45) is 1.77. The largest absolute Gasteiger partial charge is 0.494 e. The van der Waals surface area contributed by atoms with Crippen LogP contribution in [-0.2, 0) is 0 Å². The van der Waals surface area contributed by atoms with Gasteiger partial charge in [-0.1, -0.05) is 30.0 Å². The summed E-state index contributed by atoms with van der Waals surface area (Å²) in [7, 11) is 0. The van der Waals surface area contributed by atoms with Crippen molar-refractivity contribution in [1.29, 1.82) is 0 Å². The zero-order valence-electron chi connectivity index (χ0n) is 11.7. The molecule has 2 aromatic rings. The van der Waals surface area contributed by atoms with Gasteiger partial charge in [0.25, 0.3) is 0 Å². The molecule has 0 amide bonds. The summed E-state index contributed by atoms with van der Waals surface area (Å²) in [6.45, 7) is 4.56. The van der Waals surface area contributed by atoms with Crippen LogP contribution in [0.1, 0.15) is 24.2 Å². The minimum atomic E-state index is -0.105. The average molecular weight is 289 g/mol. The van der Waals surface area contributed by atoms with E-state index < -0.39 is 0 Å². The molecule has 0 aliphatic carbocycles. The van der Waals surface area contributed by atoms with E-state index in [0.29, 0.717) is 12.4 Å².